The standard InChI is InChI=1S/C10H14N4O2S/c1-5-6(7(15)16)17-9-12-11-8(10(2,3)4)14(9)13-5/h6H,1-4H3,(H,15,16). The van der Waals surface area contributed by atoms with Crippen molar-refractivity contribution in [2.45, 2.75) is 43.5 Å². The van der Waals surface area contributed by atoms with Crippen LogP contribution >= 0.6 is 11.8 Å². The van der Waals surface area contributed by atoms with Crippen molar-refractivity contribution < 1.29 is 9.90 Å². The molecule has 1 atom stereocenters. The average molecular weight is 254 g/mol. The molecule has 7 heteroatoms. The highest BCUT2D eigenvalue weighted by atomic mass is 32.2. The molecule has 1 aromatic rings. The van der Waals surface area contributed by atoms with Gasteiger partial charge in [-0.2, -0.15) is 9.78 Å². The fourth-order valence-electron chi connectivity index (χ4n) is 1.53. The maximum atomic E-state index is 11.0. The Morgan fingerprint density at radius 3 is 2.59 bits per heavy atom. The van der Waals surface area contributed by atoms with E-state index < -0.39 is 11.2 Å². The van der Waals surface area contributed by atoms with Crippen molar-refractivity contribution in [3.8, 4) is 0 Å². The van der Waals surface area contributed by atoms with E-state index in [1.54, 1.807) is 11.6 Å². The van der Waals surface area contributed by atoms with Crippen LogP contribution in [-0.2, 0) is 10.2 Å². The van der Waals surface area contributed by atoms with Crippen LogP contribution in [0.4, 0.5) is 0 Å². The van der Waals surface area contributed by atoms with Crippen molar-refractivity contribution in [1.82, 2.24) is 14.9 Å². The van der Waals surface area contributed by atoms with Crippen LogP contribution in [0.1, 0.15) is 33.5 Å². The van der Waals surface area contributed by atoms with Crippen molar-refractivity contribution in [1.29, 1.82) is 0 Å². The zero-order valence-electron chi connectivity index (χ0n) is 10.1. The maximum absolute atomic E-state index is 11.0. The van der Waals surface area contributed by atoms with Crippen LogP contribution in [0, 0.1) is 0 Å². The molecule has 1 aliphatic rings. The summed E-state index contributed by atoms with van der Waals surface area (Å²) in [7, 11) is 0. The maximum Gasteiger partial charge on any atom is 0.322 e. The molecule has 2 rings (SSSR count). The topological polar surface area (TPSA) is 80.4 Å². The van der Waals surface area contributed by atoms with E-state index >= 15 is 0 Å². The fraction of sp³-hybridized carbons (Fsp3) is 0.600. The van der Waals surface area contributed by atoms with E-state index in [1.807, 2.05) is 20.8 Å². The molecular formula is C10H14N4O2S. The number of fused-ring (bicyclic) bond motifs is 1. The van der Waals surface area contributed by atoms with E-state index in [-0.39, 0.29) is 5.41 Å². The molecule has 0 bridgehead atoms. The van der Waals surface area contributed by atoms with E-state index in [4.69, 9.17) is 5.11 Å². The summed E-state index contributed by atoms with van der Waals surface area (Å²) in [6.45, 7) is 7.76. The van der Waals surface area contributed by atoms with Gasteiger partial charge in [0.2, 0.25) is 5.16 Å². The van der Waals surface area contributed by atoms with E-state index in [2.05, 4.69) is 15.3 Å². The molecule has 1 N–H and O–H groups in total. The van der Waals surface area contributed by atoms with Gasteiger partial charge in [0.05, 0.1) is 5.71 Å². The summed E-state index contributed by atoms with van der Waals surface area (Å²) in [5.74, 6) is -0.161. The van der Waals surface area contributed by atoms with E-state index in [0.717, 1.165) is 5.82 Å². The summed E-state index contributed by atoms with van der Waals surface area (Å²) in [4.78, 5) is 11.0. The molecule has 0 spiro atoms. The monoisotopic (exact) mass is 254 g/mol. The van der Waals surface area contributed by atoms with Gasteiger partial charge < -0.3 is 5.11 Å². The average Bonchev–Trinajstić information content (AvgIpc) is 2.57. The van der Waals surface area contributed by atoms with Crippen LogP contribution in [0.25, 0.3) is 0 Å². The summed E-state index contributed by atoms with van der Waals surface area (Å²) in [6, 6.07) is 0. The van der Waals surface area contributed by atoms with Gasteiger partial charge in [0.15, 0.2) is 5.82 Å². The summed E-state index contributed by atoms with van der Waals surface area (Å²) in [6.07, 6.45) is 0. The lowest BCUT2D eigenvalue weighted by Crippen LogP contribution is -2.30. The molecule has 0 aromatic carbocycles. The SMILES string of the molecule is CC1=Nn2c(nnc2C(C)(C)C)SC1C(=O)O. The Labute approximate surface area is 103 Å². The normalized spacial score (nSPS) is 19.8. The minimum atomic E-state index is -0.900. The number of carboxylic acids is 1. The van der Waals surface area contributed by atoms with Gasteiger partial charge in [-0.3, -0.25) is 4.79 Å². The van der Waals surface area contributed by atoms with E-state index in [1.165, 1.54) is 11.8 Å². The molecule has 1 aromatic heterocycles. The summed E-state index contributed by atoms with van der Waals surface area (Å²) >= 11 is 1.17. The lowest BCUT2D eigenvalue weighted by Gasteiger charge is -2.21. The molecule has 0 fully saturated rings. The molecule has 0 radical (unpaired) electrons. The number of rotatable bonds is 1. The van der Waals surface area contributed by atoms with Crippen molar-refractivity contribution in [2.75, 3.05) is 0 Å². The van der Waals surface area contributed by atoms with Crippen LogP contribution in [0.15, 0.2) is 10.3 Å². The van der Waals surface area contributed by atoms with Crippen LogP contribution in [0.5, 0.6) is 0 Å². The summed E-state index contributed by atoms with van der Waals surface area (Å²) in [5, 5.41) is 21.3. The second-order valence-corrected chi connectivity index (χ2v) is 6.02. The largest absolute Gasteiger partial charge is 0.480 e. The second kappa shape index (κ2) is 3.83. The highest BCUT2D eigenvalue weighted by Gasteiger charge is 2.33. The Morgan fingerprint density at radius 1 is 1.41 bits per heavy atom. The van der Waals surface area contributed by atoms with Crippen molar-refractivity contribution >= 4 is 23.4 Å². The van der Waals surface area contributed by atoms with Gasteiger partial charge in [-0.15, -0.1) is 10.2 Å². The molecule has 0 saturated heterocycles. The van der Waals surface area contributed by atoms with Crippen molar-refractivity contribution in [3.63, 3.8) is 0 Å². The molecule has 0 saturated carbocycles. The Balaban J connectivity index is 2.48. The second-order valence-electron chi connectivity index (χ2n) is 4.95. The number of aromatic nitrogens is 3. The molecule has 0 amide bonds. The molecule has 6 nitrogen and oxygen atoms in total. The van der Waals surface area contributed by atoms with Crippen LogP contribution in [0.3, 0.4) is 0 Å². The molecular weight excluding hydrogens is 240 g/mol. The number of nitrogens with zero attached hydrogens (tertiary/aromatic N) is 4. The third-order valence-corrected chi connectivity index (χ3v) is 3.61. The number of carbonyl (C=O) groups is 1. The third kappa shape index (κ3) is 2.06. The number of thioether (sulfide) groups is 1. The number of carboxylic acid groups (broad SMARTS) is 1. The highest BCUT2D eigenvalue weighted by molar-refractivity contribution is 8.01. The Morgan fingerprint density at radius 2 is 2.06 bits per heavy atom. The summed E-state index contributed by atoms with van der Waals surface area (Å²) < 4.78 is 1.64. The minimum absolute atomic E-state index is 0.175. The first kappa shape index (κ1) is 12.1. The van der Waals surface area contributed by atoms with Crippen LogP contribution in [0.2, 0.25) is 0 Å². The first-order valence-corrected chi connectivity index (χ1v) is 6.09. The number of hydrogen-bond donors (Lipinski definition) is 1. The first-order chi connectivity index (χ1) is 7.80. The van der Waals surface area contributed by atoms with Gasteiger partial charge >= 0.3 is 5.97 Å². The Kier molecular flexibility index (Phi) is 2.73. The molecule has 92 valence electrons. The lowest BCUT2D eigenvalue weighted by atomic mass is 9.96. The van der Waals surface area contributed by atoms with Gasteiger partial charge in [-0.1, -0.05) is 32.5 Å². The number of hydrogen-bond acceptors (Lipinski definition) is 5. The number of aliphatic carboxylic acids is 1. The quantitative estimate of drug-likeness (QED) is 0.818. The van der Waals surface area contributed by atoms with Crippen LogP contribution in [-0.4, -0.2) is 36.9 Å². The Bertz CT molecular complexity index is 501. The zero-order valence-corrected chi connectivity index (χ0v) is 10.9. The predicted octanol–water partition coefficient (Wildman–Crippen LogP) is 1.36. The van der Waals surface area contributed by atoms with E-state index in [0.29, 0.717) is 10.9 Å². The van der Waals surface area contributed by atoms with Gasteiger partial charge in [0.1, 0.15) is 5.25 Å². The molecule has 1 unspecified atom stereocenters. The third-order valence-electron chi connectivity index (χ3n) is 2.37. The molecule has 0 aliphatic carbocycles. The van der Waals surface area contributed by atoms with E-state index in [9.17, 15) is 4.79 Å². The van der Waals surface area contributed by atoms with Gasteiger partial charge in [-0.05, 0) is 6.92 Å². The lowest BCUT2D eigenvalue weighted by molar-refractivity contribution is -0.135. The molecule has 2 heterocycles. The predicted molar refractivity (Wildman–Crippen MR) is 64.5 cm³/mol. The smallest absolute Gasteiger partial charge is 0.322 e. The van der Waals surface area contributed by atoms with Gasteiger partial charge in [0, 0.05) is 5.41 Å². The summed E-state index contributed by atoms with van der Waals surface area (Å²) in [5.41, 5.74) is 0.381. The Hall–Kier alpha value is -1.37. The van der Waals surface area contributed by atoms with Gasteiger partial charge in [-0.25, -0.2) is 0 Å². The molecule has 17 heavy (non-hydrogen) atoms. The molecule has 1 aliphatic heterocycles. The van der Waals surface area contributed by atoms with Crippen molar-refractivity contribution in [2.24, 2.45) is 5.10 Å². The fourth-order valence-corrected chi connectivity index (χ4v) is 2.37. The van der Waals surface area contributed by atoms with Gasteiger partial charge in [0.25, 0.3) is 0 Å². The van der Waals surface area contributed by atoms with Crippen molar-refractivity contribution in [3.05, 3.63) is 5.82 Å². The zero-order chi connectivity index (χ0) is 12.8. The first-order valence-electron chi connectivity index (χ1n) is 5.21. The minimum Gasteiger partial charge on any atom is -0.480 e. The van der Waals surface area contributed by atoms with Crippen LogP contribution < -0.4 is 0 Å². The highest BCUT2D eigenvalue weighted by Crippen LogP contribution is 2.31.